The van der Waals surface area contributed by atoms with Crippen molar-refractivity contribution in [1.82, 2.24) is 0 Å². The molecule has 8 heteroatoms. The van der Waals surface area contributed by atoms with E-state index in [9.17, 15) is 12.8 Å². The smallest absolute Gasteiger partial charge is 0.488 e. The molecule has 106 valence electrons. The van der Waals surface area contributed by atoms with Crippen molar-refractivity contribution in [2.24, 2.45) is 0 Å². The van der Waals surface area contributed by atoms with Crippen LogP contribution in [0.5, 0.6) is 5.75 Å². The van der Waals surface area contributed by atoms with Crippen LogP contribution in [0, 0.1) is 5.82 Å². The molecule has 0 saturated carbocycles. The predicted molar refractivity (Wildman–Crippen MR) is 70.6 cm³/mol. The fraction of sp³-hybridized carbons (Fsp3) is 0.455. The first-order valence-electron chi connectivity index (χ1n) is 5.74. The second kappa shape index (κ2) is 6.36. The van der Waals surface area contributed by atoms with E-state index in [0.29, 0.717) is 0 Å². The minimum absolute atomic E-state index is 0.0723. The van der Waals surface area contributed by atoms with Gasteiger partial charge in [0.25, 0.3) is 0 Å². The summed E-state index contributed by atoms with van der Waals surface area (Å²) in [5, 5.41) is 17.4. The molecule has 0 aliphatic rings. The van der Waals surface area contributed by atoms with Gasteiger partial charge >= 0.3 is 7.12 Å². The Bertz CT molecular complexity index is 530. The highest BCUT2D eigenvalue weighted by atomic mass is 32.2. The fourth-order valence-electron chi connectivity index (χ4n) is 1.29. The Balaban J connectivity index is 2.71. The molecule has 0 aliphatic carbocycles. The Morgan fingerprint density at radius 1 is 1.37 bits per heavy atom. The summed E-state index contributed by atoms with van der Waals surface area (Å²) in [5.74, 6) is -1.12. The minimum atomic E-state index is -3.25. The van der Waals surface area contributed by atoms with Gasteiger partial charge in [0, 0.05) is 0 Å². The summed E-state index contributed by atoms with van der Waals surface area (Å²) in [7, 11) is -4.99. The summed E-state index contributed by atoms with van der Waals surface area (Å²) in [4.78, 5) is 0. The quantitative estimate of drug-likeness (QED) is 0.703. The normalized spacial score (nSPS) is 11.7. The fourth-order valence-corrected chi connectivity index (χ4v) is 2.08. The van der Waals surface area contributed by atoms with Crippen LogP contribution in [0.2, 0.25) is 0 Å². The monoisotopic (exact) mass is 290 g/mol. The molecule has 0 spiro atoms. The van der Waals surface area contributed by atoms with Crippen LogP contribution in [-0.4, -0.2) is 43.2 Å². The van der Waals surface area contributed by atoms with Crippen molar-refractivity contribution in [3.8, 4) is 5.75 Å². The first-order valence-corrected chi connectivity index (χ1v) is 7.45. The van der Waals surface area contributed by atoms with Crippen LogP contribution in [0.4, 0.5) is 4.39 Å². The van der Waals surface area contributed by atoms with Crippen LogP contribution in [0.3, 0.4) is 0 Å². The van der Waals surface area contributed by atoms with Gasteiger partial charge in [0.05, 0.1) is 11.0 Å². The third kappa shape index (κ3) is 4.48. The highest BCUT2D eigenvalue weighted by Crippen LogP contribution is 2.15. The number of ether oxygens (including phenoxy) is 1. The van der Waals surface area contributed by atoms with E-state index in [1.807, 2.05) is 0 Å². The summed E-state index contributed by atoms with van der Waals surface area (Å²) in [5.41, 5.74) is 0.0723. The van der Waals surface area contributed by atoms with Gasteiger partial charge in [-0.1, -0.05) is 6.07 Å². The molecule has 1 aromatic carbocycles. The number of benzene rings is 1. The van der Waals surface area contributed by atoms with Crippen LogP contribution in [0.25, 0.3) is 0 Å². The van der Waals surface area contributed by atoms with Crippen molar-refractivity contribution < 1.29 is 27.6 Å². The molecule has 2 N–H and O–H groups in total. The van der Waals surface area contributed by atoms with E-state index in [0.717, 1.165) is 12.1 Å². The number of hydrogen-bond donors (Lipinski definition) is 2. The van der Waals surface area contributed by atoms with Gasteiger partial charge < -0.3 is 14.8 Å². The maximum absolute atomic E-state index is 13.4. The van der Waals surface area contributed by atoms with Gasteiger partial charge in [0.1, 0.15) is 6.61 Å². The molecular weight excluding hydrogens is 274 g/mol. The SMILES string of the molecule is CC(C)S(=O)(=O)CCOc1cc(B(O)O)ccc1F. The number of halogens is 1. The minimum Gasteiger partial charge on any atom is -0.489 e. The highest BCUT2D eigenvalue weighted by molar-refractivity contribution is 7.91. The Hall–Kier alpha value is -1.12. The molecule has 0 heterocycles. The van der Waals surface area contributed by atoms with Crippen molar-refractivity contribution in [1.29, 1.82) is 0 Å². The van der Waals surface area contributed by atoms with E-state index >= 15 is 0 Å². The van der Waals surface area contributed by atoms with Gasteiger partial charge in [0.15, 0.2) is 21.4 Å². The molecule has 0 saturated heterocycles. The van der Waals surface area contributed by atoms with Crippen molar-refractivity contribution in [3.05, 3.63) is 24.0 Å². The van der Waals surface area contributed by atoms with Gasteiger partial charge in [-0.05, 0) is 31.4 Å². The molecule has 0 amide bonds. The standard InChI is InChI=1S/C11H16BFO5S/c1-8(2)19(16,17)6-5-18-11-7-9(12(14)15)3-4-10(11)13/h3-4,7-8,14-15H,5-6H2,1-2H3. The average Bonchev–Trinajstić information content (AvgIpc) is 2.30. The van der Waals surface area contributed by atoms with E-state index in [2.05, 4.69) is 0 Å². The highest BCUT2D eigenvalue weighted by Gasteiger charge is 2.17. The first kappa shape index (κ1) is 15.9. The topological polar surface area (TPSA) is 83.8 Å². The maximum atomic E-state index is 13.4. The molecule has 0 radical (unpaired) electrons. The summed E-state index contributed by atoms with van der Waals surface area (Å²) in [6.45, 7) is 2.92. The Morgan fingerprint density at radius 2 is 2.00 bits per heavy atom. The van der Waals surface area contributed by atoms with Crippen LogP contribution in [0.1, 0.15) is 13.8 Å². The largest absolute Gasteiger partial charge is 0.489 e. The molecule has 1 aromatic rings. The number of hydrogen-bond acceptors (Lipinski definition) is 5. The molecule has 0 unspecified atom stereocenters. The Labute approximate surface area is 112 Å². The van der Waals surface area contributed by atoms with Gasteiger partial charge in [-0.3, -0.25) is 0 Å². The zero-order valence-corrected chi connectivity index (χ0v) is 11.5. The summed E-state index contributed by atoms with van der Waals surface area (Å²) >= 11 is 0. The first-order chi connectivity index (χ1) is 8.74. The van der Waals surface area contributed by atoms with Gasteiger partial charge in [-0.15, -0.1) is 0 Å². The van der Waals surface area contributed by atoms with E-state index in [4.69, 9.17) is 14.8 Å². The van der Waals surface area contributed by atoms with E-state index in [1.54, 1.807) is 13.8 Å². The van der Waals surface area contributed by atoms with E-state index < -0.39 is 28.0 Å². The second-order valence-corrected chi connectivity index (χ2v) is 7.00. The van der Waals surface area contributed by atoms with Crippen molar-refractivity contribution in [3.63, 3.8) is 0 Å². The lowest BCUT2D eigenvalue weighted by Crippen LogP contribution is -2.30. The number of rotatable bonds is 6. The van der Waals surface area contributed by atoms with E-state index in [1.165, 1.54) is 6.07 Å². The third-order valence-corrected chi connectivity index (χ3v) is 4.77. The van der Waals surface area contributed by atoms with Crippen molar-refractivity contribution in [2.75, 3.05) is 12.4 Å². The molecule has 0 fully saturated rings. The molecule has 1 rings (SSSR count). The summed E-state index contributed by atoms with van der Waals surface area (Å²) in [6, 6.07) is 3.36. The number of sulfone groups is 1. The van der Waals surface area contributed by atoms with Gasteiger partial charge in [-0.25, -0.2) is 12.8 Å². The van der Waals surface area contributed by atoms with Gasteiger partial charge in [-0.2, -0.15) is 0 Å². The van der Waals surface area contributed by atoms with Crippen molar-refractivity contribution >= 4 is 22.4 Å². The van der Waals surface area contributed by atoms with Crippen LogP contribution in [0.15, 0.2) is 18.2 Å². The molecule has 5 nitrogen and oxygen atoms in total. The lowest BCUT2D eigenvalue weighted by molar-refractivity contribution is 0.322. The molecular formula is C11H16BFO5S. The predicted octanol–water partition coefficient (Wildman–Crippen LogP) is -0.292. The second-order valence-electron chi connectivity index (χ2n) is 4.33. The van der Waals surface area contributed by atoms with Gasteiger partial charge in [0.2, 0.25) is 0 Å². The van der Waals surface area contributed by atoms with E-state index in [-0.39, 0.29) is 23.6 Å². The van der Waals surface area contributed by atoms with Crippen molar-refractivity contribution in [2.45, 2.75) is 19.1 Å². The molecule has 0 atom stereocenters. The lowest BCUT2D eigenvalue weighted by Gasteiger charge is -2.11. The molecule has 0 bridgehead atoms. The zero-order valence-electron chi connectivity index (χ0n) is 10.7. The third-order valence-electron chi connectivity index (χ3n) is 2.60. The summed E-state index contributed by atoms with van der Waals surface area (Å²) in [6.07, 6.45) is 0. The molecule has 19 heavy (non-hydrogen) atoms. The molecule has 0 aliphatic heterocycles. The Kier molecular flexibility index (Phi) is 5.33. The zero-order chi connectivity index (χ0) is 14.6. The average molecular weight is 290 g/mol. The summed E-state index contributed by atoms with van der Waals surface area (Å²) < 4.78 is 41.5. The maximum Gasteiger partial charge on any atom is 0.488 e. The van der Waals surface area contributed by atoms with Crippen LogP contribution < -0.4 is 10.2 Å². The Morgan fingerprint density at radius 3 is 2.53 bits per heavy atom. The van der Waals surface area contributed by atoms with Crippen LogP contribution >= 0.6 is 0 Å². The van der Waals surface area contributed by atoms with Crippen LogP contribution in [-0.2, 0) is 9.84 Å². The molecule has 0 aromatic heterocycles. The lowest BCUT2D eigenvalue weighted by atomic mass is 9.80.